The lowest BCUT2D eigenvalue weighted by atomic mass is 9.99. The molecule has 0 amide bonds. The highest BCUT2D eigenvalue weighted by atomic mass is 79.9. The van der Waals surface area contributed by atoms with Crippen molar-refractivity contribution in [2.24, 2.45) is 11.8 Å². The fourth-order valence-electron chi connectivity index (χ4n) is 1.81. The number of hydrogen-bond acceptors (Lipinski definition) is 2. The van der Waals surface area contributed by atoms with Crippen molar-refractivity contribution in [2.45, 2.75) is 51.9 Å². The Balaban J connectivity index is 2.68. The van der Waals surface area contributed by atoms with Crippen LogP contribution in [0.1, 0.15) is 39.9 Å². The van der Waals surface area contributed by atoms with Gasteiger partial charge in [-0.2, -0.15) is 5.10 Å². The zero-order valence-electron chi connectivity index (χ0n) is 10.7. The van der Waals surface area contributed by atoms with Gasteiger partial charge in [0, 0.05) is 17.8 Å². The van der Waals surface area contributed by atoms with E-state index < -0.39 is 0 Å². The van der Waals surface area contributed by atoms with Crippen LogP contribution in [0.3, 0.4) is 0 Å². The molecule has 0 saturated carbocycles. The van der Waals surface area contributed by atoms with Crippen LogP contribution in [-0.4, -0.2) is 19.6 Å². The molecule has 0 aliphatic heterocycles. The highest BCUT2D eigenvalue weighted by Crippen LogP contribution is 2.20. The van der Waals surface area contributed by atoms with Crippen LogP contribution in [0.4, 0.5) is 0 Å². The Bertz CT molecular complexity index is 307. The van der Waals surface area contributed by atoms with E-state index in [9.17, 15) is 0 Å². The van der Waals surface area contributed by atoms with Crippen LogP contribution in [-0.2, 0) is 13.0 Å². The molecule has 1 aromatic rings. The summed E-state index contributed by atoms with van der Waals surface area (Å²) in [6.45, 7) is 9.80. The normalized spacial score (nSPS) is 15.4. The summed E-state index contributed by atoms with van der Waals surface area (Å²) in [4.78, 5) is 4.90. The molecule has 0 aliphatic carbocycles. The molecule has 0 aromatic carbocycles. The molecule has 3 nitrogen and oxygen atoms in total. The summed E-state index contributed by atoms with van der Waals surface area (Å²) in [5.41, 5.74) is 0. The van der Waals surface area contributed by atoms with Crippen molar-refractivity contribution in [3.05, 3.63) is 12.2 Å². The summed E-state index contributed by atoms with van der Waals surface area (Å²) < 4.78 is 2.04. The zero-order valence-corrected chi connectivity index (χ0v) is 12.2. The second-order valence-electron chi connectivity index (χ2n) is 4.80. The molecule has 1 rings (SSSR count). The standard InChI is InChI=1S/C12H22BrN3/c1-5-11(10(4)13)6-12-14-8-15-16(12)7-9(2)3/h8-11H,5-7H2,1-4H3. The van der Waals surface area contributed by atoms with Gasteiger partial charge in [-0.25, -0.2) is 9.67 Å². The van der Waals surface area contributed by atoms with Crippen LogP contribution in [0.5, 0.6) is 0 Å². The van der Waals surface area contributed by atoms with Crippen LogP contribution >= 0.6 is 15.9 Å². The summed E-state index contributed by atoms with van der Waals surface area (Å²) in [7, 11) is 0. The molecule has 0 aliphatic rings. The SMILES string of the molecule is CCC(Cc1ncnn1CC(C)C)C(C)Br. The van der Waals surface area contributed by atoms with Gasteiger partial charge in [0.25, 0.3) is 0 Å². The van der Waals surface area contributed by atoms with E-state index in [-0.39, 0.29) is 0 Å². The van der Waals surface area contributed by atoms with Crippen LogP contribution in [0.2, 0.25) is 0 Å². The maximum Gasteiger partial charge on any atom is 0.138 e. The molecule has 0 radical (unpaired) electrons. The maximum atomic E-state index is 4.37. The minimum Gasteiger partial charge on any atom is -0.250 e. The van der Waals surface area contributed by atoms with Crippen molar-refractivity contribution >= 4 is 15.9 Å². The Morgan fingerprint density at radius 2 is 2.06 bits per heavy atom. The first-order valence-electron chi connectivity index (χ1n) is 6.05. The van der Waals surface area contributed by atoms with E-state index in [1.54, 1.807) is 6.33 Å². The third-order valence-electron chi connectivity index (χ3n) is 2.85. The van der Waals surface area contributed by atoms with Gasteiger partial charge >= 0.3 is 0 Å². The molecule has 0 spiro atoms. The van der Waals surface area contributed by atoms with Gasteiger partial charge in [0.05, 0.1) is 0 Å². The average molecular weight is 288 g/mol. The van der Waals surface area contributed by atoms with E-state index in [4.69, 9.17) is 0 Å². The van der Waals surface area contributed by atoms with Crippen molar-refractivity contribution in [3.8, 4) is 0 Å². The molecule has 0 saturated heterocycles. The molecular formula is C12H22BrN3. The highest BCUT2D eigenvalue weighted by Gasteiger charge is 2.16. The van der Waals surface area contributed by atoms with E-state index in [2.05, 4.69) is 53.7 Å². The monoisotopic (exact) mass is 287 g/mol. The predicted octanol–water partition coefficient (Wildman–Crippen LogP) is 3.29. The number of halogens is 1. The largest absolute Gasteiger partial charge is 0.250 e. The molecule has 16 heavy (non-hydrogen) atoms. The van der Waals surface area contributed by atoms with E-state index >= 15 is 0 Å². The summed E-state index contributed by atoms with van der Waals surface area (Å²) in [6, 6.07) is 0. The summed E-state index contributed by atoms with van der Waals surface area (Å²) >= 11 is 3.66. The van der Waals surface area contributed by atoms with Gasteiger partial charge in [0.2, 0.25) is 0 Å². The number of rotatable bonds is 6. The Hall–Kier alpha value is -0.380. The molecule has 4 heteroatoms. The minimum absolute atomic E-state index is 0.529. The minimum atomic E-state index is 0.529. The number of hydrogen-bond donors (Lipinski definition) is 0. The van der Waals surface area contributed by atoms with Gasteiger partial charge in [0.1, 0.15) is 12.2 Å². The molecule has 1 heterocycles. The maximum absolute atomic E-state index is 4.37. The fourth-order valence-corrected chi connectivity index (χ4v) is 2.37. The molecule has 0 fully saturated rings. The number of nitrogens with zero attached hydrogens (tertiary/aromatic N) is 3. The van der Waals surface area contributed by atoms with Gasteiger partial charge in [-0.3, -0.25) is 0 Å². The van der Waals surface area contributed by atoms with Crippen molar-refractivity contribution < 1.29 is 0 Å². The second-order valence-corrected chi connectivity index (χ2v) is 6.25. The zero-order chi connectivity index (χ0) is 12.1. The Labute approximate surface area is 107 Å². The second kappa shape index (κ2) is 6.38. The van der Waals surface area contributed by atoms with Crippen molar-refractivity contribution in [3.63, 3.8) is 0 Å². The molecular weight excluding hydrogens is 266 g/mol. The summed E-state index contributed by atoms with van der Waals surface area (Å²) in [5.74, 6) is 2.36. The number of aromatic nitrogens is 3. The van der Waals surface area contributed by atoms with Crippen molar-refractivity contribution in [1.29, 1.82) is 0 Å². The predicted molar refractivity (Wildman–Crippen MR) is 70.7 cm³/mol. The van der Waals surface area contributed by atoms with E-state index in [1.807, 2.05) is 4.68 Å². The van der Waals surface area contributed by atoms with Gasteiger partial charge in [-0.05, 0) is 11.8 Å². The van der Waals surface area contributed by atoms with E-state index in [0.29, 0.717) is 16.7 Å². The van der Waals surface area contributed by atoms with Crippen LogP contribution < -0.4 is 0 Å². The molecule has 92 valence electrons. The first-order chi connectivity index (χ1) is 7.54. The smallest absolute Gasteiger partial charge is 0.138 e. The molecule has 1 aromatic heterocycles. The topological polar surface area (TPSA) is 30.7 Å². The Morgan fingerprint density at radius 1 is 1.38 bits per heavy atom. The first-order valence-corrected chi connectivity index (χ1v) is 6.96. The quantitative estimate of drug-likeness (QED) is 0.752. The van der Waals surface area contributed by atoms with Gasteiger partial charge < -0.3 is 0 Å². The average Bonchev–Trinajstić information content (AvgIpc) is 2.60. The molecule has 0 N–H and O–H groups in total. The molecule has 2 unspecified atom stereocenters. The lowest BCUT2D eigenvalue weighted by molar-refractivity contribution is 0.432. The third kappa shape index (κ3) is 3.89. The third-order valence-corrected chi connectivity index (χ3v) is 3.60. The summed E-state index contributed by atoms with van der Waals surface area (Å²) in [5, 5.41) is 4.29. The van der Waals surface area contributed by atoms with Crippen LogP contribution in [0.15, 0.2) is 6.33 Å². The van der Waals surface area contributed by atoms with E-state index in [0.717, 1.165) is 18.8 Å². The van der Waals surface area contributed by atoms with Gasteiger partial charge in [-0.1, -0.05) is 50.0 Å². The lowest BCUT2D eigenvalue weighted by Crippen LogP contribution is -2.18. The molecule has 0 bridgehead atoms. The molecule has 2 atom stereocenters. The Kier molecular flexibility index (Phi) is 5.46. The van der Waals surface area contributed by atoms with Crippen LogP contribution in [0, 0.1) is 11.8 Å². The first kappa shape index (κ1) is 13.7. The summed E-state index contributed by atoms with van der Waals surface area (Å²) in [6.07, 6.45) is 3.85. The lowest BCUT2D eigenvalue weighted by Gasteiger charge is -2.17. The highest BCUT2D eigenvalue weighted by molar-refractivity contribution is 9.09. The Morgan fingerprint density at radius 3 is 2.56 bits per heavy atom. The van der Waals surface area contributed by atoms with E-state index in [1.165, 1.54) is 6.42 Å². The number of alkyl halides is 1. The van der Waals surface area contributed by atoms with Crippen molar-refractivity contribution in [2.75, 3.05) is 0 Å². The van der Waals surface area contributed by atoms with Crippen molar-refractivity contribution in [1.82, 2.24) is 14.8 Å². The van der Waals surface area contributed by atoms with Gasteiger partial charge in [0.15, 0.2) is 0 Å². The van der Waals surface area contributed by atoms with Gasteiger partial charge in [-0.15, -0.1) is 0 Å². The fraction of sp³-hybridized carbons (Fsp3) is 0.833. The van der Waals surface area contributed by atoms with Crippen LogP contribution in [0.25, 0.3) is 0 Å².